The highest BCUT2D eigenvalue weighted by Gasteiger charge is 2.19. The van der Waals surface area contributed by atoms with E-state index in [1.165, 1.54) is 18.9 Å². The van der Waals surface area contributed by atoms with Crippen LogP contribution in [0.15, 0.2) is 78.0 Å². The van der Waals surface area contributed by atoms with E-state index in [1.807, 2.05) is 53.1 Å². The first kappa shape index (κ1) is 24.8. The van der Waals surface area contributed by atoms with E-state index < -0.39 is 5.97 Å². The van der Waals surface area contributed by atoms with Crippen molar-refractivity contribution in [2.75, 3.05) is 32.4 Å². The molecule has 0 aliphatic rings. The van der Waals surface area contributed by atoms with Crippen molar-refractivity contribution in [1.29, 1.82) is 0 Å². The van der Waals surface area contributed by atoms with E-state index in [0.717, 1.165) is 22.7 Å². The normalized spacial score (nSPS) is 10.5. The van der Waals surface area contributed by atoms with Crippen LogP contribution >= 0.6 is 11.8 Å². The number of hydrogen-bond donors (Lipinski definition) is 1. The lowest BCUT2D eigenvalue weighted by molar-refractivity contribution is -0.113. The SMILES string of the molecule is COC(=O)c1ccccc1NC(=O)CSc1nnc(-c2ccc(OC)cc2)n1-c1ccc(OC)cc1. The van der Waals surface area contributed by atoms with Gasteiger partial charge in [-0.2, -0.15) is 0 Å². The number of para-hydroxylation sites is 1. The maximum absolute atomic E-state index is 12.8. The van der Waals surface area contributed by atoms with Gasteiger partial charge in [0.25, 0.3) is 0 Å². The molecule has 0 saturated carbocycles. The Kier molecular flexibility index (Phi) is 7.86. The van der Waals surface area contributed by atoms with Crippen molar-refractivity contribution >= 4 is 29.3 Å². The molecule has 0 aliphatic heterocycles. The number of thioether (sulfide) groups is 1. The lowest BCUT2D eigenvalue weighted by Gasteiger charge is -2.12. The average Bonchev–Trinajstić information content (AvgIpc) is 3.35. The Morgan fingerprint density at radius 3 is 2.14 bits per heavy atom. The third kappa shape index (κ3) is 5.49. The summed E-state index contributed by atoms with van der Waals surface area (Å²) < 4.78 is 17.2. The van der Waals surface area contributed by atoms with Crippen molar-refractivity contribution in [1.82, 2.24) is 14.8 Å². The Bertz CT molecular complexity index is 1350. The molecular weight excluding hydrogens is 480 g/mol. The number of nitrogens with zero attached hydrogens (tertiary/aromatic N) is 3. The van der Waals surface area contributed by atoms with Crippen molar-refractivity contribution < 1.29 is 23.8 Å². The van der Waals surface area contributed by atoms with Crippen LogP contribution in [0.2, 0.25) is 0 Å². The monoisotopic (exact) mass is 504 g/mol. The number of hydrogen-bond acceptors (Lipinski definition) is 8. The Morgan fingerprint density at radius 1 is 0.861 bits per heavy atom. The highest BCUT2D eigenvalue weighted by Crippen LogP contribution is 2.30. The second-order valence-corrected chi connectivity index (χ2v) is 8.38. The summed E-state index contributed by atoms with van der Waals surface area (Å²) in [5.41, 5.74) is 2.31. The molecule has 4 aromatic rings. The number of nitrogens with one attached hydrogen (secondary N) is 1. The molecule has 0 bridgehead atoms. The van der Waals surface area contributed by atoms with E-state index in [9.17, 15) is 9.59 Å². The summed E-state index contributed by atoms with van der Waals surface area (Å²) >= 11 is 1.23. The molecule has 0 unspecified atom stereocenters. The number of benzene rings is 3. The van der Waals surface area contributed by atoms with E-state index in [2.05, 4.69) is 15.5 Å². The van der Waals surface area contributed by atoms with Crippen LogP contribution < -0.4 is 14.8 Å². The zero-order valence-corrected chi connectivity index (χ0v) is 20.7. The van der Waals surface area contributed by atoms with Gasteiger partial charge in [0.1, 0.15) is 11.5 Å². The summed E-state index contributed by atoms with van der Waals surface area (Å²) in [7, 11) is 4.51. The zero-order valence-electron chi connectivity index (χ0n) is 19.9. The quantitative estimate of drug-likeness (QED) is 0.263. The van der Waals surface area contributed by atoms with Crippen LogP contribution in [0.1, 0.15) is 10.4 Å². The summed E-state index contributed by atoms with van der Waals surface area (Å²) in [4.78, 5) is 24.8. The number of esters is 1. The molecule has 0 saturated heterocycles. The van der Waals surface area contributed by atoms with Gasteiger partial charge in [0.2, 0.25) is 5.91 Å². The number of carbonyl (C=O) groups is 2. The van der Waals surface area contributed by atoms with Gasteiger partial charge in [-0.3, -0.25) is 9.36 Å². The maximum atomic E-state index is 12.8. The van der Waals surface area contributed by atoms with E-state index in [-0.39, 0.29) is 17.2 Å². The molecule has 9 nitrogen and oxygen atoms in total. The first-order valence-corrected chi connectivity index (χ1v) is 11.9. The van der Waals surface area contributed by atoms with Crippen LogP contribution in [0.4, 0.5) is 5.69 Å². The molecule has 1 aromatic heterocycles. The summed E-state index contributed by atoms with van der Waals surface area (Å²) in [6, 6.07) is 21.6. The standard InChI is InChI=1S/C26H24N4O5S/c1-33-19-12-8-17(9-13-19)24-28-29-26(30(24)18-10-14-20(34-2)15-11-18)36-16-23(31)27-22-7-5-4-6-21(22)25(32)35-3/h4-15H,16H2,1-3H3,(H,27,31). The van der Waals surface area contributed by atoms with E-state index in [0.29, 0.717) is 16.7 Å². The zero-order chi connectivity index (χ0) is 25.5. The highest BCUT2D eigenvalue weighted by molar-refractivity contribution is 7.99. The number of carbonyl (C=O) groups excluding carboxylic acids is 2. The number of anilines is 1. The minimum atomic E-state index is -0.526. The predicted octanol–water partition coefficient (Wildman–Crippen LogP) is 4.47. The molecule has 0 atom stereocenters. The second-order valence-electron chi connectivity index (χ2n) is 7.44. The van der Waals surface area contributed by atoms with Gasteiger partial charge < -0.3 is 19.5 Å². The molecule has 1 heterocycles. The average molecular weight is 505 g/mol. The number of ether oxygens (including phenoxy) is 3. The molecule has 0 fully saturated rings. The molecule has 0 aliphatic carbocycles. The second kappa shape index (κ2) is 11.4. The smallest absolute Gasteiger partial charge is 0.339 e. The molecule has 4 rings (SSSR count). The van der Waals surface area contributed by atoms with Crippen LogP contribution in [0.5, 0.6) is 11.5 Å². The largest absolute Gasteiger partial charge is 0.497 e. The maximum Gasteiger partial charge on any atom is 0.339 e. The predicted molar refractivity (Wildman–Crippen MR) is 137 cm³/mol. The summed E-state index contributed by atoms with van der Waals surface area (Å²) in [6.45, 7) is 0. The van der Waals surface area contributed by atoms with Crippen molar-refractivity contribution in [2.45, 2.75) is 5.16 Å². The van der Waals surface area contributed by atoms with Gasteiger partial charge in [0.15, 0.2) is 11.0 Å². The first-order valence-electron chi connectivity index (χ1n) is 10.9. The fraction of sp³-hybridized carbons (Fsp3) is 0.154. The van der Waals surface area contributed by atoms with Gasteiger partial charge >= 0.3 is 5.97 Å². The van der Waals surface area contributed by atoms with Crippen LogP contribution in [0.3, 0.4) is 0 Å². The van der Waals surface area contributed by atoms with E-state index in [1.54, 1.807) is 38.5 Å². The van der Waals surface area contributed by atoms with Crippen LogP contribution in [-0.4, -0.2) is 53.7 Å². The number of aromatic nitrogens is 3. The lowest BCUT2D eigenvalue weighted by Crippen LogP contribution is -2.17. The van der Waals surface area contributed by atoms with E-state index in [4.69, 9.17) is 14.2 Å². The first-order chi connectivity index (χ1) is 17.5. The molecular formula is C26H24N4O5S. The minimum Gasteiger partial charge on any atom is -0.497 e. The van der Waals surface area contributed by atoms with Gasteiger partial charge in [-0.15, -0.1) is 10.2 Å². The summed E-state index contributed by atoms with van der Waals surface area (Å²) in [5.74, 6) is 1.28. The van der Waals surface area contributed by atoms with Crippen molar-refractivity contribution in [3.63, 3.8) is 0 Å². The van der Waals surface area contributed by atoms with Gasteiger partial charge in [0, 0.05) is 11.3 Å². The van der Waals surface area contributed by atoms with Gasteiger partial charge in [0.05, 0.1) is 38.3 Å². The number of rotatable bonds is 9. The topological polar surface area (TPSA) is 105 Å². The molecule has 36 heavy (non-hydrogen) atoms. The summed E-state index contributed by atoms with van der Waals surface area (Å²) in [6.07, 6.45) is 0. The van der Waals surface area contributed by atoms with Gasteiger partial charge in [-0.05, 0) is 60.7 Å². The number of methoxy groups -OCH3 is 3. The molecule has 3 aromatic carbocycles. The molecule has 0 spiro atoms. The molecule has 1 N–H and O–H groups in total. The fourth-order valence-corrected chi connectivity index (χ4v) is 4.20. The Hall–Kier alpha value is -4.31. The third-order valence-electron chi connectivity index (χ3n) is 5.25. The van der Waals surface area contributed by atoms with Crippen molar-refractivity contribution in [3.8, 4) is 28.6 Å². The van der Waals surface area contributed by atoms with Crippen molar-refractivity contribution in [3.05, 3.63) is 78.4 Å². The van der Waals surface area contributed by atoms with Crippen LogP contribution in [0, 0.1) is 0 Å². The molecule has 184 valence electrons. The van der Waals surface area contributed by atoms with Crippen LogP contribution in [0.25, 0.3) is 17.1 Å². The third-order valence-corrected chi connectivity index (χ3v) is 6.18. The fourth-order valence-electron chi connectivity index (χ4n) is 3.45. The molecule has 0 radical (unpaired) electrons. The minimum absolute atomic E-state index is 0.0480. The molecule has 1 amide bonds. The lowest BCUT2D eigenvalue weighted by atomic mass is 10.2. The summed E-state index contributed by atoms with van der Waals surface area (Å²) in [5, 5.41) is 12.1. The number of amides is 1. The van der Waals surface area contributed by atoms with Crippen molar-refractivity contribution in [2.24, 2.45) is 0 Å². The van der Waals surface area contributed by atoms with Gasteiger partial charge in [-0.1, -0.05) is 23.9 Å². The highest BCUT2D eigenvalue weighted by atomic mass is 32.2. The Morgan fingerprint density at radius 2 is 1.50 bits per heavy atom. The Balaban J connectivity index is 1.60. The van der Waals surface area contributed by atoms with Crippen LogP contribution in [-0.2, 0) is 9.53 Å². The Labute approximate surface area is 212 Å². The van der Waals surface area contributed by atoms with Gasteiger partial charge in [-0.25, -0.2) is 4.79 Å². The molecule has 10 heteroatoms. The van der Waals surface area contributed by atoms with E-state index >= 15 is 0 Å².